The molecule has 0 aromatic heterocycles. The van der Waals surface area contributed by atoms with E-state index in [-0.39, 0.29) is 22.4 Å². The zero-order chi connectivity index (χ0) is 26.9. The predicted molar refractivity (Wildman–Crippen MR) is 150 cm³/mol. The Kier molecular flexibility index (Phi) is 5.38. The Morgan fingerprint density at radius 2 is 1.41 bits per heavy atom. The van der Waals surface area contributed by atoms with Crippen LogP contribution in [-0.4, -0.2) is 34.6 Å². The minimum Gasteiger partial charge on any atom is -0.293 e. The molecule has 2 aliphatic heterocycles. The Labute approximate surface area is 234 Å². The van der Waals surface area contributed by atoms with Crippen molar-refractivity contribution in [1.29, 1.82) is 0 Å². The summed E-state index contributed by atoms with van der Waals surface area (Å²) in [4.78, 5) is 43.8. The maximum Gasteiger partial charge on any atom is 0.187 e. The molecule has 3 aliphatic rings. The van der Waals surface area contributed by atoms with Crippen molar-refractivity contribution < 1.29 is 14.4 Å². The van der Waals surface area contributed by atoms with Gasteiger partial charge in [0.05, 0.1) is 12.3 Å². The predicted octanol–water partition coefficient (Wildman–Crippen LogP) is 6.80. The molecule has 3 atom stereocenters. The highest BCUT2D eigenvalue weighted by Gasteiger charge is 2.73. The second-order valence-corrected chi connectivity index (χ2v) is 10.9. The molecule has 0 unspecified atom stereocenters. The summed E-state index contributed by atoms with van der Waals surface area (Å²) in [6.45, 7) is 0. The number of halogens is 2. The molecule has 39 heavy (non-hydrogen) atoms. The molecule has 0 bridgehead atoms. The number of rotatable bonds is 3. The maximum atomic E-state index is 14.7. The summed E-state index contributed by atoms with van der Waals surface area (Å²) >= 11 is 13.1. The molecule has 1 saturated heterocycles. The molecule has 1 spiro atoms. The van der Waals surface area contributed by atoms with Crippen molar-refractivity contribution in [1.82, 2.24) is 5.01 Å². The van der Waals surface area contributed by atoms with Gasteiger partial charge < -0.3 is 0 Å². The molecule has 0 saturated carbocycles. The van der Waals surface area contributed by atoms with Crippen molar-refractivity contribution in [2.75, 3.05) is 0 Å². The fourth-order valence-corrected chi connectivity index (χ4v) is 7.17. The summed E-state index contributed by atoms with van der Waals surface area (Å²) in [5.74, 6) is -1.84. The van der Waals surface area contributed by atoms with E-state index in [1.165, 1.54) is 0 Å². The van der Waals surface area contributed by atoms with E-state index in [9.17, 15) is 14.4 Å². The summed E-state index contributed by atoms with van der Waals surface area (Å²) in [6.07, 6.45) is 1.69. The van der Waals surface area contributed by atoms with Crippen LogP contribution in [0.1, 0.15) is 59.7 Å². The fraction of sp³-hybridized carbons (Fsp3) is 0.125. The van der Waals surface area contributed by atoms with Gasteiger partial charge in [0.15, 0.2) is 17.3 Å². The highest BCUT2D eigenvalue weighted by Crippen LogP contribution is 2.65. The van der Waals surface area contributed by atoms with Crippen molar-refractivity contribution in [3.05, 3.63) is 140 Å². The Bertz CT molecular complexity index is 1700. The molecule has 1 fully saturated rings. The van der Waals surface area contributed by atoms with Crippen LogP contribution in [0.5, 0.6) is 0 Å². The Hall–Kier alpha value is -4.06. The van der Waals surface area contributed by atoms with Gasteiger partial charge in [0.25, 0.3) is 0 Å². The van der Waals surface area contributed by atoms with Crippen LogP contribution in [0.3, 0.4) is 0 Å². The van der Waals surface area contributed by atoms with Crippen LogP contribution in [0.15, 0.2) is 102 Å². The van der Waals surface area contributed by atoms with E-state index >= 15 is 0 Å². The van der Waals surface area contributed by atoms with E-state index < -0.39 is 23.4 Å². The molecular formula is C32H20Cl2N2O3. The number of hydrogen-bond acceptors (Lipinski definition) is 5. The number of carbonyl (C=O) groups is 3. The lowest BCUT2D eigenvalue weighted by molar-refractivity contribution is 0.0586. The maximum absolute atomic E-state index is 14.7. The van der Waals surface area contributed by atoms with E-state index in [0.717, 1.165) is 11.1 Å². The number of nitrogens with zero attached hydrogens (tertiary/aromatic N) is 2. The third-order valence-electron chi connectivity index (χ3n) is 8.20. The number of hydrazone groups is 1. The molecule has 1 aliphatic carbocycles. The molecule has 5 nitrogen and oxygen atoms in total. The van der Waals surface area contributed by atoms with Crippen molar-refractivity contribution in [3.63, 3.8) is 0 Å². The molecule has 2 heterocycles. The zero-order valence-electron chi connectivity index (χ0n) is 20.4. The zero-order valence-corrected chi connectivity index (χ0v) is 21.9. The Balaban J connectivity index is 1.58. The quantitative estimate of drug-likeness (QED) is 0.208. The first-order chi connectivity index (χ1) is 18.9. The Morgan fingerprint density at radius 3 is 2.10 bits per heavy atom. The second-order valence-electron chi connectivity index (χ2n) is 10.0. The van der Waals surface area contributed by atoms with Crippen LogP contribution in [0, 0.1) is 5.41 Å². The highest BCUT2D eigenvalue weighted by molar-refractivity contribution is 6.36. The monoisotopic (exact) mass is 550 g/mol. The normalized spacial score (nSPS) is 22.1. The molecule has 4 aromatic rings. The third kappa shape index (κ3) is 3.20. The number of benzene rings is 4. The number of ketones is 3. The minimum absolute atomic E-state index is 0.249. The lowest BCUT2D eigenvalue weighted by Gasteiger charge is -2.36. The van der Waals surface area contributed by atoms with E-state index in [4.69, 9.17) is 28.3 Å². The van der Waals surface area contributed by atoms with Gasteiger partial charge in [-0.25, -0.2) is 0 Å². The molecule has 0 amide bonds. The first kappa shape index (κ1) is 24.0. The van der Waals surface area contributed by atoms with Crippen LogP contribution in [-0.2, 0) is 0 Å². The van der Waals surface area contributed by atoms with E-state index in [0.29, 0.717) is 27.3 Å². The summed E-state index contributed by atoms with van der Waals surface area (Å²) in [7, 11) is 0. The smallest absolute Gasteiger partial charge is 0.187 e. The molecule has 7 heteroatoms. The van der Waals surface area contributed by atoms with Crippen molar-refractivity contribution in [2.45, 2.75) is 18.0 Å². The molecular weight excluding hydrogens is 531 g/mol. The van der Waals surface area contributed by atoms with Crippen LogP contribution in [0.25, 0.3) is 0 Å². The lowest BCUT2D eigenvalue weighted by atomic mass is 9.63. The number of hydrogen-bond donors (Lipinski definition) is 0. The van der Waals surface area contributed by atoms with Gasteiger partial charge in [-0.2, -0.15) is 5.10 Å². The first-order valence-corrected chi connectivity index (χ1v) is 13.3. The topological polar surface area (TPSA) is 66.8 Å². The van der Waals surface area contributed by atoms with E-state index in [1.54, 1.807) is 78.0 Å². The van der Waals surface area contributed by atoms with Crippen LogP contribution in [0.2, 0.25) is 10.0 Å². The van der Waals surface area contributed by atoms with Gasteiger partial charge in [-0.1, -0.05) is 108 Å². The third-order valence-corrected chi connectivity index (χ3v) is 8.76. The van der Waals surface area contributed by atoms with Gasteiger partial charge in [-0.3, -0.25) is 19.4 Å². The molecule has 190 valence electrons. The minimum atomic E-state index is -1.68. The average molecular weight is 551 g/mol. The first-order valence-electron chi connectivity index (χ1n) is 12.6. The van der Waals surface area contributed by atoms with Crippen molar-refractivity contribution in [2.24, 2.45) is 10.5 Å². The standard InChI is InChI=1S/C32H20Cl2N2O3/c33-20-14-15-24(25(34)16-20)26-27(28(37)18-8-2-1-3-9-18)36-29(21-11-5-4-10-19(21)17-35-36)32(26)30(38)22-12-6-7-13-23(22)31(32)39/h1-17,26-27,29H/t26-,27-,29+/m0/s1. The summed E-state index contributed by atoms with van der Waals surface area (Å²) in [5.41, 5.74) is 1.54. The van der Waals surface area contributed by atoms with Gasteiger partial charge >= 0.3 is 0 Å². The van der Waals surface area contributed by atoms with E-state index in [2.05, 4.69) is 0 Å². The summed E-state index contributed by atoms with van der Waals surface area (Å²) in [6, 6.07) is 26.5. The molecule has 0 N–H and O–H groups in total. The van der Waals surface area contributed by atoms with Gasteiger partial charge in [-0.05, 0) is 28.8 Å². The fourth-order valence-electron chi connectivity index (χ4n) is 6.65. The van der Waals surface area contributed by atoms with Crippen molar-refractivity contribution >= 4 is 46.8 Å². The second kappa shape index (κ2) is 8.73. The molecule has 7 rings (SSSR count). The Morgan fingerprint density at radius 1 is 0.769 bits per heavy atom. The van der Waals surface area contributed by atoms with Gasteiger partial charge in [0.2, 0.25) is 0 Å². The van der Waals surface area contributed by atoms with Crippen LogP contribution < -0.4 is 0 Å². The van der Waals surface area contributed by atoms with Crippen LogP contribution in [0.4, 0.5) is 0 Å². The van der Waals surface area contributed by atoms with Crippen molar-refractivity contribution in [3.8, 4) is 0 Å². The number of Topliss-reactive ketones (excluding diaryl/α,β-unsaturated/α-hetero) is 3. The molecule has 4 aromatic carbocycles. The summed E-state index contributed by atoms with van der Waals surface area (Å²) in [5, 5.41) is 7.11. The summed E-state index contributed by atoms with van der Waals surface area (Å²) < 4.78 is 0. The van der Waals surface area contributed by atoms with Crippen LogP contribution >= 0.6 is 23.2 Å². The largest absolute Gasteiger partial charge is 0.293 e. The lowest BCUT2D eigenvalue weighted by Crippen LogP contribution is -2.44. The van der Waals surface area contributed by atoms with Gasteiger partial charge in [0, 0.05) is 32.7 Å². The number of carbonyl (C=O) groups excluding carboxylic acids is 3. The van der Waals surface area contributed by atoms with Gasteiger partial charge in [-0.15, -0.1) is 0 Å². The molecule has 0 radical (unpaired) electrons. The average Bonchev–Trinajstić information content (AvgIpc) is 3.39. The SMILES string of the molecule is O=C(c1ccccc1)[C@@H]1[C@H](c2ccc(Cl)cc2Cl)C2(C(=O)c3ccccc3C2=O)[C@H]2c3ccccc3C=NN12. The number of fused-ring (bicyclic) bond motifs is 5. The van der Waals surface area contributed by atoms with Gasteiger partial charge in [0.1, 0.15) is 11.5 Å². The van der Waals surface area contributed by atoms with E-state index in [1.807, 2.05) is 30.3 Å². The highest BCUT2D eigenvalue weighted by atomic mass is 35.5.